The Labute approximate surface area is 121 Å². The van der Waals surface area contributed by atoms with Gasteiger partial charge in [-0.15, -0.1) is 0 Å². The highest BCUT2D eigenvalue weighted by atomic mass is 32.2. The molecule has 2 aromatic heterocycles. The molecule has 1 aromatic carbocycles. The summed E-state index contributed by atoms with van der Waals surface area (Å²) in [7, 11) is -5.84. The molecule has 0 radical (unpaired) electrons. The van der Waals surface area contributed by atoms with Crippen molar-refractivity contribution in [3.63, 3.8) is 0 Å². The number of rotatable bonds is 3. The van der Waals surface area contributed by atoms with Gasteiger partial charge in [0.15, 0.2) is 0 Å². The van der Waals surface area contributed by atoms with Crippen LogP contribution in [0.2, 0.25) is 0 Å². The summed E-state index contributed by atoms with van der Waals surface area (Å²) in [6.45, 7) is 0. The van der Waals surface area contributed by atoms with Crippen molar-refractivity contribution in [1.82, 2.24) is 8.96 Å². The number of nitrogens with zero attached hydrogens (tertiary/aromatic N) is 2. The van der Waals surface area contributed by atoms with E-state index in [4.69, 9.17) is 0 Å². The van der Waals surface area contributed by atoms with Crippen molar-refractivity contribution in [2.75, 3.05) is 0 Å². The van der Waals surface area contributed by atoms with Crippen LogP contribution in [0.4, 0.5) is 0 Å². The van der Waals surface area contributed by atoms with Gasteiger partial charge in [0.2, 0.25) is 0 Å². The highest BCUT2D eigenvalue weighted by molar-refractivity contribution is 7.90. The molecule has 0 aliphatic rings. The first kappa shape index (κ1) is 13.8. The molecule has 0 fully saturated rings. The lowest BCUT2D eigenvalue weighted by Crippen LogP contribution is -2.38. The third-order valence-corrected chi connectivity index (χ3v) is 4.89. The van der Waals surface area contributed by atoms with Crippen molar-refractivity contribution in [3.8, 4) is 0 Å². The van der Waals surface area contributed by atoms with Gasteiger partial charge in [-0.3, -0.25) is 4.98 Å². The van der Waals surface area contributed by atoms with Gasteiger partial charge < -0.3 is 10.0 Å². The average molecular weight is 302 g/mol. The second-order valence-electron chi connectivity index (χ2n) is 4.46. The van der Waals surface area contributed by atoms with Crippen molar-refractivity contribution in [1.29, 1.82) is 0 Å². The summed E-state index contributed by atoms with van der Waals surface area (Å²) in [4.78, 5) is 3.98. The summed E-state index contributed by atoms with van der Waals surface area (Å²) in [5, 5.41) is 19.4. The van der Waals surface area contributed by atoms with E-state index in [1.807, 2.05) is 0 Å². The molecular formula is C13H11BN2O4S. The smallest absolute Gasteiger partial charge is 0.422 e. The van der Waals surface area contributed by atoms with E-state index in [1.165, 1.54) is 36.7 Å². The lowest BCUT2D eigenvalue weighted by Gasteiger charge is -2.11. The molecule has 0 aliphatic heterocycles. The van der Waals surface area contributed by atoms with Gasteiger partial charge in [-0.05, 0) is 24.3 Å². The van der Waals surface area contributed by atoms with Crippen molar-refractivity contribution in [3.05, 3.63) is 54.9 Å². The van der Waals surface area contributed by atoms with Crippen molar-refractivity contribution >= 4 is 33.6 Å². The number of benzene rings is 1. The Morgan fingerprint density at radius 3 is 2.48 bits per heavy atom. The maximum atomic E-state index is 12.8. The molecule has 0 saturated carbocycles. The maximum absolute atomic E-state index is 12.8. The zero-order chi connectivity index (χ0) is 15.0. The molecule has 21 heavy (non-hydrogen) atoms. The largest absolute Gasteiger partial charge is 0.507 e. The molecule has 6 nitrogen and oxygen atoms in total. The van der Waals surface area contributed by atoms with Crippen LogP contribution < -0.4 is 5.59 Å². The van der Waals surface area contributed by atoms with Crippen LogP contribution in [0.3, 0.4) is 0 Å². The van der Waals surface area contributed by atoms with E-state index in [0.717, 1.165) is 3.97 Å². The number of hydrogen-bond donors (Lipinski definition) is 2. The Bertz CT molecular complexity index is 891. The predicted molar refractivity (Wildman–Crippen MR) is 78.6 cm³/mol. The van der Waals surface area contributed by atoms with Gasteiger partial charge in [-0.25, -0.2) is 12.4 Å². The van der Waals surface area contributed by atoms with E-state index in [-0.39, 0.29) is 10.5 Å². The molecule has 0 aliphatic carbocycles. The standard InChI is InChI=1S/C13H11BN2O4S/c17-14(18)13-8-10-9-15-7-6-12(10)16(13)21(19,20)11-4-2-1-3-5-11/h1-9,17-18H. The van der Waals surface area contributed by atoms with Gasteiger partial charge in [0.1, 0.15) is 0 Å². The Kier molecular flexibility index (Phi) is 3.28. The van der Waals surface area contributed by atoms with Gasteiger partial charge in [-0.2, -0.15) is 0 Å². The van der Waals surface area contributed by atoms with Gasteiger partial charge >= 0.3 is 7.12 Å². The monoisotopic (exact) mass is 302 g/mol. The first-order chi connectivity index (χ1) is 10.0. The van der Waals surface area contributed by atoms with Gasteiger partial charge in [0.25, 0.3) is 10.0 Å². The third-order valence-electron chi connectivity index (χ3n) is 3.13. The summed E-state index contributed by atoms with van der Waals surface area (Å²) < 4.78 is 26.4. The van der Waals surface area contributed by atoms with E-state index in [9.17, 15) is 18.5 Å². The number of aromatic nitrogens is 2. The molecule has 0 atom stereocenters. The van der Waals surface area contributed by atoms with Crippen molar-refractivity contribution < 1.29 is 18.5 Å². The molecule has 2 heterocycles. The minimum Gasteiger partial charge on any atom is -0.422 e. The van der Waals surface area contributed by atoms with E-state index in [0.29, 0.717) is 10.9 Å². The Hall–Kier alpha value is -2.16. The van der Waals surface area contributed by atoms with Crippen LogP contribution in [0, 0.1) is 0 Å². The van der Waals surface area contributed by atoms with E-state index >= 15 is 0 Å². The maximum Gasteiger partial charge on any atom is 0.507 e. The van der Waals surface area contributed by atoms with Crippen LogP contribution in [0.25, 0.3) is 10.9 Å². The average Bonchev–Trinajstić information content (AvgIpc) is 2.88. The summed E-state index contributed by atoms with van der Waals surface area (Å²) >= 11 is 0. The molecule has 0 saturated heterocycles. The second kappa shape index (κ2) is 4.99. The minimum atomic E-state index is -3.93. The van der Waals surface area contributed by atoms with Crippen LogP contribution in [0.1, 0.15) is 0 Å². The predicted octanol–water partition coefficient (Wildman–Crippen LogP) is -0.0469. The molecule has 3 aromatic rings. The third kappa shape index (κ3) is 2.23. The number of hydrogen-bond acceptors (Lipinski definition) is 5. The molecule has 106 valence electrons. The fraction of sp³-hybridized carbons (Fsp3) is 0. The molecule has 0 bridgehead atoms. The Morgan fingerprint density at radius 2 is 1.81 bits per heavy atom. The lowest BCUT2D eigenvalue weighted by atomic mass is 9.87. The van der Waals surface area contributed by atoms with E-state index in [2.05, 4.69) is 4.98 Å². The van der Waals surface area contributed by atoms with Crippen molar-refractivity contribution in [2.24, 2.45) is 0 Å². The van der Waals surface area contributed by atoms with Crippen LogP contribution in [0.5, 0.6) is 0 Å². The summed E-state index contributed by atoms with van der Waals surface area (Å²) in [6, 6.07) is 10.7. The van der Waals surface area contributed by atoms with Crippen molar-refractivity contribution in [2.45, 2.75) is 4.90 Å². The fourth-order valence-electron chi connectivity index (χ4n) is 2.20. The number of pyridine rings is 1. The lowest BCUT2D eigenvalue weighted by molar-refractivity contribution is 0.423. The number of fused-ring (bicyclic) bond motifs is 1. The van der Waals surface area contributed by atoms with Crippen LogP contribution in [0.15, 0.2) is 59.8 Å². The molecular weight excluding hydrogens is 291 g/mol. The molecule has 0 unspecified atom stereocenters. The Morgan fingerprint density at radius 1 is 1.10 bits per heavy atom. The van der Waals surface area contributed by atoms with Crippen LogP contribution in [-0.4, -0.2) is 34.5 Å². The molecule has 0 amide bonds. The SMILES string of the molecule is O=S(=O)(c1ccccc1)n1c(B(O)O)cc2cnccc21. The van der Waals surface area contributed by atoms with Gasteiger partial charge in [0.05, 0.1) is 16.0 Å². The zero-order valence-electron chi connectivity index (χ0n) is 10.8. The summed E-state index contributed by atoms with van der Waals surface area (Å²) in [5.74, 6) is 0. The topological polar surface area (TPSA) is 92.4 Å². The Balaban J connectivity index is 2.36. The van der Waals surface area contributed by atoms with Crippen LogP contribution in [-0.2, 0) is 10.0 Å². The molecule has 8 heteroatoms. The van der Waals surface area contributed by atoms with Gasteiger partial charge in [0, 0.05) is 17.8 Å². The van der Waals surface area contributed by atoms with Gasteiger partial charge in [-0.1, -0.05) is 18.2 Å². The van der Waals surface area contributed by atoms with Crippen LogP contribution >= 0.6 is 0 Å². The molecule has 2 N–H and O–H groups in total. The summed E-state index contributed by atoms with van der Waals surface area (Å²) in [5.41, 5.74) is 0.221. The fourth-order valence-corrected chi connectivity index (χ4v) is 3.76. The summed E-state index contributed by atoms with van der Waals surface area (Å²) in [6.07, 6.45) is 2.92. The molecule has 3 rings (SSSR count). The highest BCUT2D eigenvalue weighted by Gasteiger charge is 2.28. The minimum absolute atomic E-state index is 0.0706. The first-order valence-corrected chi connectivity index (χ1v) is 7.58. The quantitative estimate of drug-likeness (QED) is 0.662. The zero-order valence-corrected chi connectivity index (χ0v) is 11.6. The second-order valence-corrected chi connectivity index (χ2v) is 6.25. The first-order valence-electron chi connectivity index (χ1n) is 6.14. The molecule has 0 spiro atoms. The highest BCUT2D eigenvalue weighted by Crippen LogP contribution is 2.20. The van der Waals surface area contributed by atoms with E-state index in [1.54, 1.807) is 18.2 Å². The van der Waals surface area contributed by atoms with E-state index < -0.39 is 17.1 Å². The normalized spacial score (nSPS) is 11.7.